The van der Waals surface area contributed by atoms with Gasteiger partial charge in [-0.2, -0.15) is 0 Å². The van der Waals surface area contributed by atoms with E-state index in [1.807, 2.05) is 0 Å². The van der Waals surface area contributed by atoms with Crippen molar-refractivity contribution in [3.8, 4) is 0 Å². The molecule has 0 saturated carbocycles. The molecule has 1 aromatic heterocycles. The molecule has 112 valence electrons. The molecule has 2 heteroatoms. The van der Waals surface area contributed by atoms with E-state index >= 15 is 0 Å². The Morgan fingerprint density at radius 3 is 2.12 bits per heavy atom. The molecule has 0 N–H and O–H groups in total. The van der Waals surface area contributed by atoms with Crippen molar-refractivity contribution in [2.24, 2.45) is 0 Å². The first-order chi connectivity index (χ1) is 11.8. The first-order valence-electron chi connectivity index (χ1n) is 7.98. The average molecular weight is 310 g/mol. The molecular formula is C22H11FO. The summed E-state index contributed by atoms with van der Waals surface area (Å²) in [5.74, 6) is -0.240. The van der Waals surface area contributed by atoms with Gasteiger partial charge in [0.2, 0.25) is 0 Å². The summed E-state index contributed by atoms with van der Waals surface area (Å²) in [6.45, 7) is 0. The molecule has 1 heterocycles. The van der Waals surface area contributed by atoms with E-state index in [0.717, 1.165) is 32.7 Å². The van der Waals surface area contributed by atoms with Gasteiger partial charge in [-0.1, -0.05) is 48.5 Å². The van der Waals surface area contributed by atoms with Gasteiger partial charge in [0.1, 0.15) is 17.0 Å². The Hall–Kier alpha value is -3.13. The molecule has 0 saturated heterocycles. The summed E-state index contributed by atoms with van der Waals surface area (Å²) in [6.07, 6.45) is 0. The fourth-order valence-electron chi connectivity index (χ4n) is 4.08. The van der Waals surface area contributed by atoms with Crippen LogP contribution in [-0.2, 0) is 0 Å². The smallest absolute Gasteiger partial charge is 0.143 e. The van der Waals surface area contributed by atoms with Crippen LogP contribution in [0.3, 0.4) is 0 Å². The molecule has 0 spiro atoms. The van der Waals surface area contributed by atoms with Crippen molar-refractivity contribution in [3.05, 3.63) is 72.5 Å². The highest BCUT2D eigenvalue weighted by molar-refractivity contribution is 6.36. The molecular weight excluding hydrogens is 299 g/mol. The minimum absolute atomic E-state index is 0.240. The molecule has 24 heavy (non-hydrogen) atoms. The van der Waals surface area contributed by atoms with Crippen molar-refractivity contribution in [1.29, 1.82) is 0 Å². The van der Waals surface area contributed by atoms with Crippen molar-refractivity contribution in [2.45, 2.75) is 0 Å². The zero-order valence-electron chi connectivity index (χ0n) is 12.6. The van der Waals surface area contributed by atoms with Gasteiger partial charge in [0, 0.05) is 21.5 Å². The second kappa shape index (κ2) is 4.04. The second-order valence-corrected chi connectivity index (χ2v) is 6.32. The fraction of sp³-hybridized carbons (Fsp3) is 0. The normalized spacial score (nSPS) is 12.4. The van der Waals surface area contributed by atoms with Crippen LogP contribution in [0.5, 0.6) is 0 Å². The molecule has 6 aromatic rings. The summed E-state index contributed by atoms with van der Waals surface area (Å²) in [6, 6.07) is 21.6. The molecule has 0 bridgehead atoms. The van der Waals surface area contributed by atoms with E-state index in [1.165, 1.54) is 27.6 Å². The van der Waals surface area contributed by atoms with E-state index in [4.69, 9.17) is 4.42 Å². The lowest BCUT2D eigenvalue weighted by atomic mass is 9.91. The summed E-state index contributed by atoms with van der Waals surface area (Å²) >= 11 is 0. The van der Waals surface area contributed by atoms with Crippen LogP contribution >= 0.6 is 0 Å². The minimum Gasteiger partial charge on any atom is -0.455 e. The molecule has 0 aliphatic carbocycles. The second-order valence-electron chi connectivity index (χ2n) is 6.32. The third-order valence-electron chi connectivity index (χ3n) is 5.05. The number of halogens is 1. The molecule has 0 amide bonds. The van der Waals surface area contributed by atoms with Crippen molar-refractivity contribution in [2.75, 3.05) is 0 Å². The summed E-state index contributed by atoms with van der Waals surface area (Å²) in [4.78, 5) is 0. The van der Waals surface area contributed by atoms with Gasteiger partial charge in [0.15, 0.2) is 0 Å². The van der Waals surface area contributed by atoms with E-state index in [1.54, 1.807) is 12.1 Å². The van der Waals surface area contributed by atoms with Gasteiger partial charge < -0.3 is 4.42 Å². The lowest BCUT2D eigenvalue weighted by Gasteiger charge is -2.11. The van der Waals surface area contributed by atoms with Gasteiger partial charge in [0.25, 0.3) is 0 Å². The molecule has 0 unspecified atom stereocenters. The van der Waals surface area contributed by atoms with Crippen LogP contribution in [0.15, 0.2) is 71.1 Å². The Morgan fingerprint density at radius 2 is 1.33 bits per heavy atom. The Balaban J connectivity index is 2.10. The van der Waals surface area contributed by atoms with Gasteiger partial charge in [-0.05, 0) is 39.7 Å². The molecule has 0 aliphatic rings. The number of rotatable bonds is 0. The lowest BCUT2D eigenvalue weighted by Crippen LogP contribution is -1.84. The monoisotopic (exact) mass is 310 g/mol. The van der Waals surface area contributed by atoms with Gasteiger partial charge >= 0.3 is 0 Å². The zero-order chi connectivity index (χ0) is 15.8. The van der Waals surface area contributed by atoms with Crippen LogP contribution < -0.4 is 0 Å². The van der Waals surface area contributed by atoms with E-state index in [9.17, 15) is 4.39 Å². The van der Waals surface area contributed by atoms with E-state index in [0.29, 0.717) is 0 Å². The number of fused-ring (bicyclic) bond motifs is 5. The highest BCUT2D eigenvalue weighted by atomic mass is 19.1. The lowest BCUT2D eigenvalue weighted by molar-refractivity contribution is 0.626. The number of benzene rings is 5. The van der Waals surface area contributed by atoms with Crippen molar-refractivity contribution < 1.29 is 8.81 Å². The van der Waals surface area contributed by atoms with E-state index in [2.05, 4.69) is 48.5 Å². The summed E-state index contributed by atoms with van der Waals surface area (Å²) in [5.41, 5.74) is 1.57. The molecule has 0 fully saturated rings. The highest BCUT2D eigenvalue weighted by Gasteiger charge is 2.18. The standard InChI is InChI=1S/C22H11FO/c23-14-9-10-18-17(11-14)21-15-5-1-3-12-7-8-13-4-2-6-16(22(21)24-18)20(13)19(12)15/h1-11H. The van der Waals surface area contributed by atoms with Gasteiger partial charge in [-0.15, -0.1) is 0 Å². The maximum absolute atomic E-state index is 13.9. The fourth-order valence-corrected chi connectivity index (χ4v) is 4.08. The minimum atomic E-state index is -0.240. The van der Waals surface area contributed by atoms with Crippen LogP contribution in [0.2, 0.25) is 0 Å². The van der Waals surface area contributed by atoms with E-state index < -0.39 is 0 Å². The van der Waals surface area contributed by atoms with Crippen molar-refractivity contribution in [3.63, 3.8) is 0 Å². The number of hydrogen-bond acceptors (Lipinski definition) is 1. The Kier molecular flexibility index (Phi) is 2.07. The summed E-state index contributed by atoms with van der Waals surface area (Å²) in [5, 5.41) is 8.89. The Morgan fingerprint density at radius 1 is 0.625 bits per heavy atom. The average Bonchev–Trinajstić information content (AvgIpc) is 2.99. The van der Waals surface area contributed by atoms with Crippen molar-refractivity contribution in [1.82, 2.24) is 0 Å². The number of furan rings is 1. The molecule has 0 atom stereocenters. The molecule has 1 nitrogen and oxygen atoms in total. The third-order valence-corrected chi connectivity index (χ3v) is 5.05. The first-order valence-corrected chi connectivity index (χ1v) is 7.98. The summed E-state index contributed by atoms with van der Waals surface area (Å²) < 4.78 is 20.0. The van der Waals surface area contributed by atoms with Crippen LogP contribution in [0, 0.1) is 5.82 Å². The van der Waals surface area contributed by atoms with Crippen LogP contribution in [0.4, 0.5) is 4.39 Å². The predicted molar refractivity (Wildman–Crippen MR) is 97.4 cm³/mol. The Labute approximate surface area is 136 Å². The molecule has 0 aliphatic heterocycles. The highest BCUT2D eigenvalue weighted by Crippen LogP contribution is 2.44. The van der Waals surface area contributed by atoms with Crippen LogP contribution in [-0.4, -0.2) is 0 Å². The zero-order valence-corrected chi connectivity index (χ0v) is 12.6. The third kappa shape index (κ3) is 1.35. The van der Waals surface area contributed by atoms with Gasteiger partial charge in [0.05, 0.1) is 0 Å². The van der Waals surface area contributed by atoms with Gasteiger partial charge in [-0.25, -0.2) is 4.39 Å². The quantitative estimate of drug-likeness (QED) is 0.287. The first kappa shape index (κ1) is 12.3. The maximum Gasteiger partial charge on any atom is 0.143 e. The predicted octanol–water partition coefficient (Wildman–Crippen LogP) is 6.62. The van der Waals surface area contributed by atoms with Crippen LogP contribution in [0.1, 0.15) is 0 Å². The molecule has 6 rings (SSSR count). The largest absolute Gasteiger partial charge is 0.455 e. The Bertz CT molecular complexity index is 1410. The van der Waals surface area contributed by atoms with Crippen molar-refractivity contribution >= 4 is 54.3 Å². The maximum atomic E-state index is 13.9. The topological polar surface area (TPSA) is 13.1 Å². The SMILES string of the molecule is Fc1ccc2oc3c4cccc5ccc6cccc(c3c2c1)c6c54. The summed E-state index contributed by atoms with van der Waals surface area (Å²) in [7, 11) is 0. The molecule has 0 radical (unpaired) electrons. The number of hydrogen-bond donors (Lipinski definition) is 0. The van der Waals surface area contributed by atoms with E-state index in [-0.39, 0.29) is 5.82 Å². The molecule has 5 aromatic carbocycles. The van der Waals surface area contributed by atoms with Gasteiger partial charge in [-0.3, -0.25) is 0 Å². The van der Waals surface area contributed by atoms with Crippen LogP contribution in [0.25, 0.3) is 54.3 Å².